The van der Waals surface area contributed by atoms with Crippen molar-refractivity contribution in [2.45, 2.75) is 31.5 Å². The summed E-state index contributed by atoms with van der Waals surface area (Å²) in [5, 5.41) is 0. The molecule has 3 rings (SSSR count). The summed E-state index contributed by atoms with van der Waals surface area (Å²) in [6.07, 6.45) is 2.06. The van der Waals surface area contributed by atoms with Crippen LogP contribution in [0.5, 0.6) is 5.75 Å². The fraction of sp³-hybridized carbons (Fsp3) is 0.333. The molecular formula is C18H19BrO. The van der Waals surface area contributed by atoms with E-state index < -0.39 is 0 Å². The van der Waals surface area contributed by atoms with Crippen molar-refractivity contribution in [2.75, 3.05) is 6.61 Å². The average Bonchev–Trinajstić information content (AvgIpc) is 2.90. The van der Waals surface area contributed by atoms with Crippen LogP contribution in [0.2, 0.25) is 0 Å². The topological polar surface area (TPSA) is 9.23 Å². The quantitative estimate of drug-likeness (QED) is 0.726. The molecule has 1 nitrogen and oxygen atoms in total. The Morgan fingerprint density at radius 2 is 2.00 bits per heavy atom. The number of benzene rings is 2. The fourth-order valence-electron chi connectivity index (χ4n) is 2.73. The summed E-state index contributed by atoms with van der Waals surface area (Å²) in [4.78, 5) is 0.355. The van der Waals surface area contributed by atoms with E-state index in [4.69, 9.17) is 4.74 Å². The zero-order valence-electron chi connectivity index (χ0n) is 11.9. The lowest BCUT2D eigenvalue weighted by Gasteiger charge is -2.14. The summed E-state index contributed by atoms with van der Waals surface area (Å²) in [6, 6.07) is 13.2. The first-order chi connectivity index (χ1) is 9.63. The molecule has 0 N–H and O–H groups in total. The number of hydrogen-bond acceptors (Lipinski definition) is 1. The van der Waals surface area contributed by atoms with Gasteiger partial charge in [-0.05, 0) is 48.6 Å². The van der Waals surface area contributed by atoms with Crippen LogP contribution in [0.3, 0.4) is 0 Å². The average molecular weight is 331 g/mol. The molecule has 104 valence electrons. The van der Waals surface area contributed by atoms with Crippen LogP contribution in [0, 0.1) is 13.8 Å². The van der Waals surface area contributed by atoms with Crippen LogP contribution in [0.1, 0.15) is 32.6 Å². The SMILES string of the molecule is Cc1ccc(C)c(CC(Br)c2ccc3c(c2)CCO3)c1. The van der Waals surface area contributed by atoms with E-state index in [1.54, 1.807) is 0 Å². The lowest BCUT2D eigenvalue weighted by Crippen LogP contribution is -1.98. The Morgan fingerprint density at radius 1 is 1.15 bits per heavy atom. The molecule has 0 saturated carbocycles. The highest BCUT2D eigenvalue weighted by molar-refractivity contribution is 9.09. The van der Waals surface area contributed by atoms with E-state index in [-0.39, 0.29) is 0 Å². The minimum absolute atomic E-state index is 0.355. The van der Waals surface area contributed by atoms with Crippen LogP contribution in [-0.4, -0.2) is 6.61 Å². The molecule has 20 heavy (non-hydrogen) atoms. The van der Waals surface area contributed by atoms with Crippen molar-refractivity contribution in [2.24, 2.45) is 0 Å². The van der Waals surface area contributed by atoms with Gasteiger partial charge in [-0.15, -0.1) is 0 Å². The largest absolute Gasteiger partial charge is 0.493 e. The van der Waals surface area contributed by atoms with E-state index in [0.29, 0.717) is 4.83 Å². The van der Waals surface area contributed by atoms with Gasteiger partial charge in [0, 0.05) is 11.2 Å². The molecule has 0 amide bonds. The Labute approximate surface area is 129 Å². The number of ether oxygens (including phenoxy) is 1. The third-order valence-corrected chi connectivity index (χ3v) is 4.83. The van der Waals surface area contributed by atoms with Crippen molar-refractivity contribution in [3.63, 3.8) is 0 Å². The summed E-state index contributed by atoms with van der Waals surface area (Å²) in [5.74, 6) is 1.06. The summed E-state index contributed by atoms with van der Waals surface area (Å²) < 4.78 is 5.57. The van der Waals surface area contributed by atoms with E-state index in [2.05, 4.69) is 66.2 Å². The Balaban J connectivity index is 1.82. The van der Waals surface area contributed by atoms with Gasteiger partial charge in [-0.25, -0.2) is 0 Å². The predicted octanol–water partition coefficient (Wildman–Crippen LogP) is 4.92. The second-order valence-corrected chi connectivity index (χ2v) is 6.67. The van der Waals surface area contributed by atoms with Crippen LogP contribution in [-0.2, 0) is 12.8 Å². The Hall–Kier alpha value is -1.28. The second-order valence-electron chi connectivity index (χ2n) is 5.57. The Morgan fingerprint density at radius 3 is 2.85 bits per heavy atom. The maximum absolute atomic E-state index is 5.57. The van der Waals surface area contributed by atoms with Crippen molar-refractivity contribution in [1.82, 2.24) is 0 Å². The van der Waals surface area contributed by atoms with E-state index >= 15 is 0 Å². The smallest absolute Gasteiger partial charge is 0.122 e. The highest BCUT2D eigenvalue weighted by Crippen LogP contribution is 2.33. The highest BCUT2D eigenvalue weighted by Gasteiger charge is 2.16. The Bertz CT molecular complexity index is 633. The molecule has 2 aromatic carbocycles. The van der Waals surface area contributed by atoms with Gasteiger partial charge in [0.1, 0.15) is 5.75 Å². The normalized spacial score (nSPS) is 14.8. The van der Waals surface area contributed by atoms with E-state index in [9.17, 15) is 0 Å². The number of alkyl halides is 1. The number of aryl methyl sites for hydroxylation is 2. The zero-order chi connectivity index (χ0) is 14.1. The first-order valence-corrected chi connectivity index (χ1v) is 8.01. The number of hydrogen-bond donors (Lipinski definition) is 0. The van der Waals surface area contributed by atoms with Crippen molar-refractivity contribution >= 4 is 15.9 Å². The summed E-state index contributed by atoms with van der Waals surface area (Å²) in [6.45, 7) is 5.16. The predicted molar refractivity (Wildman–Crippen MR) is 86.9 cm³/mol. The molecular weight excluding hydrogens is 312 g/mol. The van der Waals surface area contributed by atoms with Crippen LogP contribution >= 0.6 is 15.9 Å². The highest BCUT2D eigenvalue weighted by atomic mass is 79.9. The molecule has 1 aliphatic rings. The van der Waals surface area contributed by atoms with Crippen molar-refractivity contribution in [3.8, 4) is 5.75 Å². The fourth-order valence-corrected chi connectivity index (χ4v) is 3.37. The second kappa shape index (κ2) is 5.61. The lowest BCUT2D eigenvalue weighted by molar-refractivity contribution is 0.357. The van der Waals surface area contributed by atoms with Gasteiger partial charge in [-0.1, -0.05) is 51.8 Å². The maximum Gasteiger partial charge on any atom is 0.122 e. The van der Waals surface area contributed by atoms with E-state index in [0.717, 1.165) is 25.2 Å². The van der Waals surface area contributed by atoms with Crippen LogP contribution < -0.4 is 4.74 Å². The van der Waals surface area contributed by atoms with Crippen molar-refractivity contribution in [3.05, 3.63) is 64.2 Å². The first kappa shape index (κ1) is 13.7. The molecule has 2 heteroatoms. The molecule has 0 fully saturated rings. The van der Waals surface area contributed by atoms with Crippen LogP contribution in [0.15, 0.2) is 36.4 Å². The van der Waals surface area contributed by atoms with Crippen LogP contribution in [0.4, 0.5) is 0 Å². The molecule has 1 unspecified atom stereocenters. The molecule has 0 bridgehead atoms. The van der Waals surface area contributed by atoms with Gasteiger partial charge < -0.3 is 4.74 Å². The minimum Gasteiger partial charge on any atom is -0.493 e. The number of fused-ring (bicyclic) bond motifs is 1. The zero-order valence-corrected chi connectivity index (χ0v) is 13.5. The third-order valence-electron chi connectivity index (χ3n) is 3.98. The molecule has 0 spiro atoms. The molecule has 1 aliphatic heterocycles. The van der Waals surface area contributed by atoms with Crippen molar-refractivity contribution in [1.29, 1.82) is 0 Å². The van der Waals surface area contributed by atoms with Gasteiger partial charge >= 0.3 is 0 Å². The summed E-state index contributed by atoms with van der Waals surface area (Å²) >= 11 is 3.85. The van der Waals surface area contributed by atoms with Crippen molar-refractivity contribution < 1.29 is 4.74 Å². The molecule has 1 heterocycles. The molecule has 2 aromatic rings. The minimum atomic E-state index is 0.355. The molecule has 0 saturated heterocycles. The Kier molecular flexibility index (Phi) is 3.84. The van der Waals surface area contributed by atoms with Gasteiger partial charge in [0.05, 0.1) is 6.61 Å². The number of halogens is 1. The van der Waals surface area contributed by atoms with Crippen LogP contribution in [0.25, 0.3) is 0 Å². The monoisotopic (exact) mass is 330 g/mol. The van der Waals surface area contributed by atoms with Gasteiger partial charge in [-0.2, -0.15) is 0 Å². The third kappa shape index (κ3) is 2.76. The van der Waals surface area contributed by atoms with E-state index in [1.807, 2.05) is 0 Å². The van der Waals surface area contributed by atoms with Gasteiger partial charge in [0.2, 0.25) is 0 Å². The lowest BCUT2D eigenvalue weighted by atomic mass is 9.97. The molecule has 1 atom stereocenters. The van der Waals surface area contributed by atoms with Gasteiger partial charge in [-0.3, -0.25) is 0 Å². The van der Waals surface area contributed by atoms with E-state index in [1.165, 1.54) is 27.8 Å². The number of rotatable bonds is 3. The molecule has 0 radical (unpaired) electrons. The molecule has 0 aromatic heterocycles. The standard InChI is InChI=1S/C18H19BrO/c1-12-3-4-13(2)16(9-12)11-17(19)14-5-6-18-15(10-14)7-8-20-18/h3-6,9-10,17H,7-8,11H2,1-2H3. The molecule has 0 aliphatic carbocycles. The van der Waals surface area contributed by atoms with Gasteiger partial charge in [0.15, 0.2) is 0 Å². The summed E-state index contributed by atoms with van der Waals surface area (Å²) in [7, 11) is 0. The summed E-state index contributed by atoms with van der Waals surface area (Å²) in [5.41, 5.74) is 6.80. The first-order valence-electron chi connectivity index (χ1n) is 7.09. The van der Waals surface area contributed by atoms with Gasteiger partial charge in [0.25, 0.3) is 0 Å². The maximum atomic E-state index is 5.57.